The summed E-state index contributed by atoms with van der Waals surface area (Å²) in [6, 6.07) is 19.3. The second-order valence-electron chi connectivity index (χ2n) is 7.42. The van der Waals surface area contributed by atoms with Gasteiger partial charge in [0, 0.05) is 17.1 Å². The largest absolute Gasteiger partial charge is 0.464 e. The maximum atomic E-state index is 12.6. The number of fused-ring (bicyclic) bond motifs is 1. The number of nitrogens with zero attached hydrogens (tertiary/aromatic N) is 3. The van der Waals surface area contributed by atoms with Crippen molar-refractivity contribution in [1.29, 1.82) is 0 Å². The molecule has 30 heavy (non-hydrogen) atoms. The van der Waals surface area contributed by atoms with Gasteiger partial charge in [0.1, 0.15) is 0 Å². The maximum absolute atomic E-state index is 12.6. The smallest absolute Gasteiger partial charge is 0.265 e. The fourth-order valence-corrected chi connectivity index (χ4v) is 3.40. The molecule has 0 bridgehead atoms. The van der Waals surface area contributed by atoms with Crippen molar-refractivity contribution in [2.75, 3.05) is 5.32 Å². The van der Waals surface area contributed by atoms with E-state index in [2.05, 4.69) is 15.4 Å². The van der Waals surface area contributed by atoms with Crippen LogP contribution in [0.1, 0.15) is 23.7 Å². The number of amides is 1. The molecule has 4 rings (SSSR count). The van der Waals surface area contributed by atoms with Gasteiger partial charge in [-0.05, 0) is 57.5 Å². The third kappa shape index (κ3) is 3.89. The maximum Gasteiger partial charge on any atom is 0.265 e. The number of ether oxygens (including phenoxy) is 1. The summed E-state index contributed by atoms with van der Waals surface area (Å²) >= 11 is 0. The number of hydrogen-bond acceptors (Lipinski definition) is 4. The number of anilines is 1. The number of rotatable bonds is 5. The average Bonchev–Trinajstić information content (AvgIpc) is 3.07. The number of benzene rings is 2. The van der Waals surface area contributed by atoms with Crippen molar-refractivity contribution in [3.8, 4) is 11.6 Å². The van der Waals surface area contributed by atoms with Crippen LogP contribution in [-0.4, -0.2) is 26.8 Å². The molecule has 0 unspecified atom stereocenters. The molecule has 0 saturated carbocycles. The molecule has 2 heterocycles. The fourth-order valence-electron chi connectivity index (χ4n) is 3.40. The monoisotopic (exact) mass is 400 g/mol. The first-order valence-electron chi connectivity index (χ1n) is 9.89. The molecule has 0 fully saturated rings. The number of pyridine rings is 1. The predicted molar refractivity (Wildman–Crippen MR) is 118 cm³/mol. The zero-order valence-corrected chi connectivity index (χ0v) is 17.5. The Balaban J connectivity index is 1.61. The lowest BCUT2D eigenvalue weighted by Gasteiger charge is -2.15. The molecule has 1 amide bonds. The van der Waals surface area contributed by atoms with Gasteiger partial charge in [0.2, 0.25) is 5.88 Å². The number of carbonyl (C=O) groups excluding carboxylic acids is 1. The van der Waals surface area contributed by atoms with E-state index in [4.69, 9.17) is 4.74 Å². The van der Waals surface area contributed by atoms with Gasteiger partial charge in [-0.2, -0.15) is 10.1 Å². The number of hydrogen-bond donors (Lipinski definition) is 1. The van der Waals surface area contributed by atoms with E-state index < -0.39 is 6.10 Å². The van der Waals surface area contributed by atoms with Crippen molar-refractivity contribution in [1.82, 2.24) is 14.8 Å². The summed E-state index contributed by atoms with van der Waals surface area (Å²) in [5.74, 6) is 0.162. The van der Waals surface area contributed by atoms with E-state index >= 15 is 0 Å². The second kappa shape index (κ2) is 7.99. The summed E-state index contributed by atoms with van der Waals surface area (Å²) in [4.78, 5) is 17.2. The standard InChI is InChI=1S/C24H24N4O2/c1-15-10-12-19(13-11-15)25-24(29)18(4)30-21-14-16(2)22-17(3)27-28(23(22)26-21)20-8-6-5-7-9-20/h5-14,18H,1-4H3,(H,25,29)/t18-/m1/s1. The van der Waals surface area contributed by atoms with Gasteiger partial charge in [-0.3, -0.25) is 4.79 Å². The Kier molecular flexibility index (Phi) is 5.23. The zero-order valence-electron chi connectivity index (χ0n) is 17.5. The molecule has 4 aromatic rings. The van der Waals surface area contributed by atoms with E-state index in [9.17, 15) is 4.79 Å². The van der Waals surface area contributed by atoms with Crippen molar-refractivity contribution in [3.63, 3.8) is 0 Å². The SMILES string of the molecule is Cc1ccc(NC(=O)[C@@H](C)Oc2cc(C)c3c(C)nn(-c4ccccc4)c3n2)cc1. The first-order valence-corrected chi connectivity index (χ1v) is 9.89. The predicted octanol–water partition coefficient (Wildman–Crippen LogP) is 4.75. The van der Waals surface area contributed by atoms with Crippen molar-refractivity contribution in [2.24, 2.45) is 0 Å². The van der Waals surface area contributed by atoms with E-state index in [0.717, 1.165) is 33.6 Å². The van der Waals surface area contributed by atoms with Gasteiger partial charge in [-0.1, -0.05) is 35.9 Å². The van der Waals surface area contributed by atoms with E-state index in [-0.39, 0.29) is 5.91 Å². The summed E-state index contributed by atoms with van der Waals surface area (Å²) in [5.41, 5.74) is 5.40. The number of nitrogens with one attached hydrogen (secondary N) is 1. The second-order valence-corrected chi connectivity index (χ2v) is 7.42. The minimum absolute atomic E-state index is 0.230. The number of carbonyl (C=O) groups is 1. The molecule has 2 aromatic heterocycles. The molecular formula is C24H24N4O2. The van der Waals surface area contributed by atoms with Crippen LogP contribution in [0, 0.1) is 20.8 Å². The Morgan fingerprint density at radius 3 is 2.43 bits per heavy atom. The molecule has 6 nitrogen and oxygen atoms in total. The average molecular weight is 400 g/mol. The highest BCUT2D eigenvalue weighted by Crippen LogP contribution is 2.27. The minimum Gasteiger partial charge on any atom is -0.464 e. The highest BCUT2D eigenvalue weighted by molar-refractivity contribution is 5.94. The molecule has 0 radical (unpaired) electrons. The van der Waals surface area contributed by atoms with Crippen LogP contribution >= 0.6 is 0 Å². The fraction of sp³-hybridized carbons (Fsp3) is 0.208. The van der Waals surface area contributed by atoms with Gasteiger partial charge >= 0.3 is 0 Å². The third-order valence-electron chi connectivity index (χ3n) is 4.97. The van der Waals surface area contributed by atoms with Gasteiger partial charge in [0.05, 0.1) is 11.4 Å². The third-order valence-corrected chi connectivity index (χ3v) is 4.97. The molecule has 0 aliphatic heterocycles. The highest BCUT2D eigenvalue weighted by Gasteiger charge is 2.19. The zero-order chi connectivity index (χ0) is 21.3. The lowest BCUT2D eigenvalue weighted by atomic mass is 10.1. The Labute approximate surface area is 175 Å². The quantitative estimate of drug-likeness (QED) is 0.525. The van der Waals surface area contributed by atoms with Crippen molar-refractivity contribution in [2.45, 2.75) is 33.8 Å². The molecule has 0 saturated heterocycles. The number of aromatic nitrogens is 3. The summed E-state index contributed by atoms with van der Waals surface area (Å²) < 4.78 is 7.70. The van der Waals surface area contributed by atoms with Crippen LogP contribution in [0.5, 0.6) is 5.88 Å². The molecular weight excluding hydrogens is 376 g/mol. The van der Waals surface area contributed by atoms with Gasteiger partial charge in [-0.25, -0.2) is 4.68 Å². The van der Waals surface area contributed by atoms with Crippen LogP contribution in [0.2, 0.25) is 0 Å². The van der Waals surface area contributed by atoms with E-state index in [1.807, 2.05) is 86.1 Å². The number of aryl methyl sites for hydroxylation is 3. The van der Waals surface area contributed by atoms with Crippen LogP contribution in [-0.2, 0) is 4.79 Å². The molecule has 2 aromatic carbocycles. The summed E-state index contributed by atoms with van der Waals surface area (Å²) in [6.45, 7) is 7.68. The normalized spacial score (nSPS) is 12.0. The summed E-state index contributed by atoms with van der Waals surface area (Å²) in [5, 5.41) is 8.52. The topological polar surface area (TPSA) is 69.0 Å². The lowest BCUT2D eigenvalue weighted by molar-refractivity contribution is -0.122. The minimum atomic E-state index is -0.704. The Hall–Kier alpha value is -3.67. The van der Waals surface area contributed by atoms with Crippen LogP contribution in [0.3, 0.4) is 0 Å². The van der Waals surface area contributed by atoms with Gasteiger partial charge < -0.3 is 10.1 Å². The molecule has 0 spiro atoms. The molecule has 6 heteroatoms. The van der Waals surface area contributed by atoms with Crippen LogP contribution in [0.25, 0.3) is 16.7 Å². The highest BCUT2D eigenvalue weighted by atomic mass is 16.5. The first-order chi connectivity index (χ1) is 14.4. The van der Waals surface area contributed by atoms with E-state index in [1.54, 1.807) is 6.92 Å². The molecule has 1 atom stereocenters. The molecule has 1 N–H and O–H groups in total. The molecule has 0 aliphatic rings. The first kappa shape index (κ1) is 19.6. The van der Waals surface area contributed by atoms with Crippen molar-refractivity contribution < 1.29 is 9.53 Å². The molecule has 0 aliphatic carbocycles. The van der Waals surface area contributed by atoms with Crippen molar-refractivity contribution >= 4 is 22.6 Å². The Morgan fingerprint density at radius 2 is 1.73 bits per heavy atom. The number of para-hydroxylation sites is 1. The van der Waals surface area contributed by atoms with Crippen LogP contribution in [0.15, 0.2) is 60.7 Å². The molecule has 152 valence electrons. The van der Waals surface area contributed by atoms with Gasteiger partial charge in [-0.15, -0.1) is 0 Å². The van der Waals surface area contributed by atoms with E-state index in [0.29, 0.717) is 11.5 Å². The Bertz CT molecular complexity index is 1200. The summed E-state index contributed by atoms with van der Waals surface area (Å²) in [7, 11) is 0. The summed E-state index contributed by atoms with van der Waals surface area (Å²) in [6.07, 6.45) is -0.704. The van der Waals surface area contributed by atoms with E-state index in [1.165, 1.54) is 0 Å². The Morgan fingerprint density at radius 1 is 1.03 bits per heavy atom. The van der Waals surface area contributed by atoms with Crippen LogP contribution < -0.4 is 10.1 Å². The van der Waals surface area contributed by atoms with Gasteiger partial charge in [0.25, 0.3) is 5.91 Å². The van der Waals surface area contributed by atoms with Gasteiger partial charge in [0.15, 0.2) is 11.8 Å². The lowest BCUT2D eigenvalue weighted by Crippen LogP contribution is -2.30. The van der Waals surface area contributed by atoms with Crippen molar-refractivity contribution in [3.05, 3.63) is 77.5 Å². The van der Waals surface area contributed by atoms with Crippen LogP contribution in [0.4, 0.5) is 5.69 Å².